The Labute approximate surface area is 219 Å². The molecule has 2 aromatic rings. The van der Waals surface area contributed by atoms with Crippen LogP contribution in [0.3, 0.4) is 0 Å². The lowest BCUT2D eigenvalue weighted by Crippen LogP contribution is -2.50. The number of hydrogen-bond acceptors (Lipinski definition) is 4. The maximum atomic E-state index is 13.7. The molecule has 7 nitrogen and oxygen atoms in total. The van der Waals surface area contributed by atoms with Gasteiger partial charge in [-0.05, 0) is 60.9 Å². The van der Waals surface area contributed by atoms with Crippen molar-refractivity contribution in [3.05, 3.63) is 65.2 Å². The summed E-state index contributed by atoms with van der Waals surface area (Å²) in [6.45, 7) is 2.29. The number of amides is 3. The highest BCUT2D eigenvalue weighted by molar-refractivity contribution is 5.92. The first-order valence-electron chi connectivity index (χ1n) is 13.6. The molecule has 0 aromatic heterocycles. The Kier molecular flexibility index (Phi) is 7.49. The SMILES string of the molecule is COc1ccc(C2(C(=O)N3CCCCCC(C(=O)N4CCc5ccccc5C4)NC(=O)CC3)CC2)cc1. The molecule has 37 heavy (non-hydrogen) atoms. The van der Waals surface area contributed by atoms with Crippen molar-refractivity contribution in [3.8, 4) is 5.75 Å². The smallest absolute Gasteiger partial charge is 0.245 e. The fourth-order valence-corrected chi connectivity index (χ4v) is 5.77. The zero-order valence-electron chi connectivity index (χ0n) is 21.7. The fraction of sp³-hybridized carbons (Fsp3) is 0.500. The van der Waals surface area contributed by atoms with Crippen LogP contribution in [0.5, 0.6) is 5.75 Å². The third-order valence-corrected chi connectivity index (χ3v) is 8.19. The largest absolute Gasteiger partial charge is 0.497 e. The van der Waals surface area contributed by atoms with Crippen LogP contribution >= 0.6 is 0 Å². The van der Waals surface area contributed by atoms with E-state index in [0.717, 1.165) is 49.8 Å². The number of methoxy groups -OCH3 is 1. The first kappa shape index (κ1) is 25.3. The minimum absolute atomic E-state index is 0.00599. The van der Waals surface area contributed by atoms with Crippen LogP contribution in [0.1, 0.15) is 61.6 Å². The summed E-state index contributed by atoms with van der Waals surface area (Å²) < 4.78 is 5.27. The molecule has 2 heterocycles. The number of hydrogen-bond donors (Lipinski definition) is 1. The van der Waals surface area contributed by atoms with Gasteiger partial charge in [0.05, 0.1) is 12.5 Å². The van der Waals surface area contributed by atoms with Gasteiger partial charge in [-0.1, -0.05) is 49.2 Å². The van der Waals surface area contributed by atoms with Gasteiger partial charge in [0.15, 0.2) is 0 Å². The summed E-state index contributed by atoms with van der Waals surface area (Å²) in [7, 11) is 1.64. The first-order valence-corrected chi connectivity index (χ1v) is 13.6. The molecule has 0 radical (unpaired) electrons. The fourth-order valence-electron chi connectivity index (χ4n) is 5.77. The molecular weight excluding hydrogens is 466 g/mol. The molecule has 0 spiro atoms. The van der Waals surface area contributed by atoms with Crippen molar-refractivity contribution < 1.29 is 19.1 Å². The second-order valence-electron chi connectivity index (χ2n) is 10.6. The minimum Gasteiger partial charge on any atom is -0.497 e. The average Bonchev–Trinajstić information content (AvgIpc) is 3.75. The Bertz CT molecular complexity index is 1140. The van der Waals surface area contributed by atoms with Crippen LogP contribution in [0.4, 0.5) is 0 Å². The Hall–Kier alpha value is -3.35. The monoisotopic (exact) mass is 503 g/mol. The molecule has 196 valence electrons. The molecule has 1 atom stereocenters. The predicted octanol–water partition coefficient (Wildman–Crippen LogP) is 3.59. The van der Waals surface area contributed by atoms with E-state index in [-0.39, 0.29) is 24.1 Å². The number of fused-ring (bicyclic) bond motifs is 1. The third-order valence-electron chi connectivity index (χ3n) is 8.19. The van der Waals surface area contributed by atoms with Crippen LogP contribution in [0.15, 0.2) is 48.5 Å². The van der Waals surface area contributed by atoms with Crippen LogP contribution in [0.2, 0.25) is 0 Å². The van der Waals surface area contributed by atoms with Crippen LogP contribution in [-0.2, 0) is 32.8 Å². The van der Waals surface area contributed by atoms with E-state index in [4.69, 9.17) is 4.74 Å². The second-order valence-corrected chi connectivity index (χ2v) is 10.6. The number of rotatable bonds is 4. The molecule has 2 fully saturated rings. The molecule has 5 rings (SSSR count). The zero-order valence-corrected chi connectivity index (χ0v) is 21.7. The van der Waals surface area contributed by atoms with Crippen LogP contribution < -0.4 is 10.1 Å². The van der Waals surface area contributed by atoms with E-state index in [1.807, 2.05) is 46.2 Å². The summed E-state index contributed by atoms with van der Waals surface area (Å²) in [4.78, 5) is 43.8. The maximum absolute atomic E-state index is 13.7. The molecule has 2 aromatic carbocycles. The average molecular weight is 504 g/mol. The summed E-state index contributed by atoms with van der Waals surface area (Å²) >= 11 is 0. The van der Waals surface area contributed by atoms with Gasteiger partial charge in [-0.3, -0.25) is 14.4 Å². The Morgan fingerprint density at radius 3 is 2.35 bits per heavy atom. The summed E-state index contributed by atoms with van der Waals surface area (Å²) in [6.07, 6.45) is 5.97. The Morgan fingerprint density at radius 1 is 0.892 bits per heavy atom. The lowest BCUT2D eigenvalue weighted by molar-refractivity contribution is -0.138. The molecule has 7 heteroatoms. The van der Waals surface area contributed by atoms with E-state index in [0.29, 0.717) is 32.6 Å². The Morgan fingerprint density at radius 2 is 1.62 bits per heavy atom. The molecule has 3 aliphatic rings. The van der Waals surface area contributed by atoms with E-state index in [1.165, 1.54) is 11.1 Å². The topological polar surface area (TPSA) is 79.0 Å². The summed E-state index contributed by atoms with van der Waals surface area (Å²) in [5, 5.41) is 3.01. The van der Waals surface area contributed by atoms with Crippen LogP contribution in [-0.4, -0.2) is 60.3 Å². The Balaban J connectivity index is 1.22. The van der Waals surface area contributed by atoms with Crippen molar-refractivity contribution in [1.29, 1.82) is 0 Å². The van der Waals surface area contributed by atoms with Gasteiger partial charge in [-0.15, -0.1) is 0 Å². The number of carbonyl (C=O) groups is 3. The van der Waals surface area contributed by atoms with Crippen molar-refractivity contribution in [2.45, 2.75) is 69.4 Å². The molecule has 1 aliphatic carbocycles. The zero-order chi connectivity index (χ0) is 25.8. The highest BCUT2D eigenvalue weighted by atomic mass is 16.5. The van der Waals surface area contributed by atoms with Crippen LogP contribution in [0, 0.1) is 0 Å². The van der Waals surface area contributed by atoms with Crippen LogP contribution in [0.25, 0.3) is 0 Å². The summed E-state index contributed by atoms with van der Waals surface area (Å²) in [5.41, 5.74) is 3.02. The number of nitrogens with one attached hydrogen (secondary N) is 1. The maximum Gasteiger partial charge on any atom is 0.245 e. The van der Waals surface area contributed by atoms with Gasteiger partial charge < -0.3 is 19.9 Å². The lowest BCUT2D eigenvalue weighted by atomic mass is 9.94. The lowest BCUT2D eigenvalue weighted by Gasteiger charge is -2.32. The van der Waals surface area contributed by atoms with E-state index in [1.54, 1.807) is 7.11 Å². The first-order chi connectivity index (χ1) is 18.0. The number of benzene rings is 2. The van der Waals surface area contributed by atoms with E-state index in [2.05, 4.69) is 17.4 Å². The highest BCUT2D eigenvalue weighted by Crippen LogP contribution is 2.50. The number of nitrogens with zero attached hydrogens (tertiary/aromatic N) is 2. The molecule has 1 unspecified atom stereocenters. The van der Waals surface area contributed by atoms with Gasteiger partial charge in [0.1, 0.15) is 11.8 Å². The van der Waals surface area contributed by atoms with Crippen molar-refractivity contribution in [2.75, 3.05) is 26.7 Å². The number of ether oxygens (including phenoxy) is 1. The van der Waals surface area contributed by atoms with E-state index >= 15 is 0 Å². The molecule has 3 amide bonds. The summed E-state index contributed by atoms with van der Waals surface area (Å²) in [5.74, 6) is 0.734. The van der Waals surface area contributed by atoms with Gasteiger partial charge >= 0.3 is 0 Å². The normalized spacial score (nSPS) is 21.8. The van der Waals surface area contributed by atoms with Gasteiger partial charge in [0.25, 0.3) is 0 Å². The minimum atomic E-state index is -0.505. The molecule has 2 aliphatic heterocycles. The third kappa shape index (κ3) is 5.50. The van der Waals surface area contributed by atoms with Gasteiger partial charge in [-0.2, -0.15) is 0 Å². The van der Waals surface area contributed by atoms with Gasteiger partial charge in [-0.25, -0.2) is 0 Å². The quantitative estimate of drug-likeness (QED) is 0.692. The van der Waals surface area contributed by atoms with Crippen molar-refractivity contribution in [3.63, 3.8) is 0 Å². The van der Waals surface area contributed by atoms with Gasteiger partial charge in [0.2, 0.25) is 17.7 Å². The number of carbonyl (C=O) groups excluding carboxylic acids is 3. The molecule has 1 saturated carbocycles. The second kappa shape index (κ2) is 11.0. The summed E-state index contributed by atoms with van der Waals surface area (Å²) in [6, 6.07) is 15.5. The predicted molar refractivity (Wildman–Crippen MR) is 141 cm³/mol. The van der Waals surface area contributed by atoms with Crippen molar-refractivity contribution in [2.24, 2.45) is 0 Å². The van der Waals surface area contributed by atoms with Gasteiger partial charge in [0, 0.05) is 32.6 Å². The molecular formula is C30H37N3O4. The molecule has 0 bridgehead atoms. The molecule has 1 N–H and O–H groups in total. The van der Waals surface area contributed by atoms with E-state index < -0.39 is 11.5 Å². The van der Waals surface area contributed by atoms with E-state index in [9.17, 15) is 14.4 Å². The van der Waals surface area contributed by atoms with Crippen molar-refractivity contribution in [1.82, 2.24) is 15.1 Å². The standard InChI is InChI=1S/C30H37N3O4/c1-37-25-12-10-24(11-13-25)30(16-17-30)29(36)32-18-6-2-3-9-26(31-27(34)15-20-32)28(35)33-19-14-22-7-4-5-8-23(22)21-33/h4-5,7-8,10-13,26H,2-3,6,9,14-21H2,1H3,(H,31,34). The molecule has 1 saturated heterocycles. The highest BCUT2D eigenvalue weighted by Gasteiger charge is 2.52. The van der Waals surface area contributed by atoms with Crippen molar-refractivity contribution >= 4 is 17.7 Å².